The Balaban J connectivity index is 1.53. The summed E-state index contributed by atoms with van der Waals surface area (Å²) in [5, 5.41) is 5.91. The van der Waals surface area contributed by atoms with Crippen molar-refractivity contribution >= 4 is 23.4 Å². The first kappa shape index (κ1) is 21.1. The van der Waals surface area contributed by atoms with Gasteiger partial charge in [-0.25, -0.2) is 4.39 Å². The van der Waals surface area contributed by atoms with E-state index in [4.69, 9.17) is 11.6 Å². The maximum atomic E-state index is 14.4. The van der Waals surface area contributed by atoms with Crippen LogP contribution < -0.4 is 10.6 Å². The molecule has 0 bridgehead atoms. The van der Waals surface area contributed by atoms with E-state index in [2.05, 4.69) is 15.5 Å². The molecule has 2 N–H and O–H groups in total. The summed E-state index contributed by atoms with van der Waals surface area (Å²) in [5.74, 6) is -0.249. The molecule has 1 aromatic rings. The van der Waals surface area contributed by atoms with Gasteiger partial charge in [0, 0.05) is 23.6 Å². The van der Waals surface area contributed by atoms with Crippen LogP contribution in [-0.2, 0) is 9.59 Å². The van der Waals surface area contributed by atoms with E-state index in [1.165, 1.54) is 18.9 Å². The molecule has 7 heteroatoms. The number of hydrogen-bond acceptors (Lipinski definition) is 3. The van der Waals surface area contributed by atoms with Crippen molar-refractivity contribution in [3.8, 4) is 0 Å². The highest BCUT2D eigenvalue weighted by Crippen LogP contribution is 2.32. The van der Waals surface area contributed by atoms with E-state index in [-0.39, 0.29) is 36.8 Å². The van der Waals surface area contributed by atoms with Gasteiger partial charge < -0.3 is 10.6 Å². The Kier molecular flexibility index (Phi) is 7.68. The minimum absolute atomic E-state index is 0.0523. The molecular weight excluding hydrogens is 381 g/mol. The van der Waals surface area contributed by atoms with E-state index in [0.29, 0.717) is 22.9 Å². The van der Waals surface area contributed by atoms with Crippen molar-refractivity contribution in [3.63, 3.8) is 0 Å². The Morgan fingerprint density at radius 3 is 2.50 bits per heavy atom. The molecule has 0 aromatic heterocycles. The number of nitrogens with zero attached hydrogens (tertiary/aromatic N) is 1. The molecule has 2 aliphatic rings. The molecule has 28 heavy (non-hydrogen) atoms. The van der Waals surface area contributed by atoms with Gasteiger partial charge in [0.15, 0.2) is 0 Å². The fraction of sp³-hybridized carbons (Fsp3) is 0.619. The quantitative estimate of drug-likeness (QED) is 0.691. The van der Waals surface area contributed by atoms with Crippen LogP contribution in [0.4, 0.5) is 4.39 Å². The van der Waals surface area contributed by atoms with Crippen LogP contribution in [-0.4, -0.2) is 42.9 Å². The summed E-state index contributed by atoms with van der Waals surface area (Å²) in [6, 6.07) is 4.35. The molecule has 0 radical (unpaired) electrons. The summed E-state index contributed by atoms with van der Waals surface area (Å²) in [7, 11) is 0. The SMILES string of the molecule is O=C(CNC(=O)CC1CCCC1)NCC(c1c(F)cccc1Cl)N1CCCC1. The molecule has 3 rings (SSSR count). The van der Waals surface area contributed by atoms with E-state index in [0.717, 1.165) is 38.8 Å². The van der Waals surface area contributed by atoms with Crippen molar-refractivity contribution < 1.29 is 14.0 Å². The van der Waals surface area contributed by atoms with Gasteiger partial charge in [0.2, 0.25) is 11.8 Å². The molecule has 1 saturated heterocycles. The molecular formula is C21H29ClFN3O2. The van der Waals surface area contributed by atoms with Gasteiger partial charge in [0.1, 0.15) is 5.82 Å². The van der Waals surface area contributed by atoms with Gasteiger partial charge in [-0.05, 0) is 56.8 Å². The molecule has 1 aromatic carbocycles. The molecule has 1 aliphatic carbocycles. The summed E-state index contributed by atoms with van der Waals surface area (Å²) in [6.45, 7) is 1.91. The normalized spacial score (nSPS) is 18.9. The minimum atomic E-state index is -0.358. The third-order valence-corrected chi connectivity index (χ3v) is 6.13. The van der Waals surface area contributed by atoms with Crippen LogP contribution in [0.25, 0.3) is 0 Å². The molecule has 0 spiro atoms. The lowest BCUT2D eigenvalue weighted by molar-refractivity contribution is -0.126. The van der Waals surface area contributed by atoms with Gasteiger partial charge in [-0.2, -0.15) is 0 Å². The molecule has 1 aliphatic heterocycles. The van der Waals surface area contributed by atoms with Crippen molar-refractivity contribution in [1.29, 1.82) is 0 Å². The number of benzene rings is 1. The summed E-state index contributed by atoms with van der Waals surface area (Å²) in [4.78, 5) is 26.4. The number of carbonyl (C=O) groups is 2. The number of nitrogens with one attached hydrogen (secondary N) is 2. The van der Waals surface area contributed by atoms with Gasteiger partial charge in [0.05, 0.1) is 12.6 Å². The molecule has 154 valence electrons. The monoisotopic (exact) mass is 409 g/mol. The lowest BCUT2D eigenvalue weighted by atomic mass is 10.0. The fourth-order valence-electron chi connectivity index (χ4n) is 4.30. The van der Waals surface area contributed by atoms with Crippen LogP contribution in [0.15, 0.2) is 18.2 Å². The summed E-state index contributed by atoms with van der Waals surface area (Å²) in [6.07, 6.45) is 7.17. The molecule has 1 atom stereocenters. The second-order valence-corrected chi connectivity index (χ2v) is 8.24. The van der Waals surface area contributed by atoms with Crippen LogP contribution in [0.1, 0.15) is 56.6 Å². The number of carbonyl (C=O) groups excluding carboxylic acids is 2. The van der Waals surface area contributed by atoms with Crippen molar-refractivity contribution in [2.24, 2.45) is 5.92 Å². The van der Waals surface area contributed by atoms with Crippen LogP contribution >= 0.6 is 11.6 Å². The summed E-state index contributed by atoms with van der Waals surface area (Å²) in [5.41, 5.74) is 0.427. The van der Waals surface area contributed by atoms with Crippen molar-refractivity contribution in [1.82, 2.24) is 15.5 Å². The van der Waals surface area contributed by atoms with E-state index < -0.39 is 0 Å². The third-order valence-electron chi connectivity index (χ3n) is 5.80. The molecule has 5 nitrogen and oxygen atoms in total. The van der Waals surface area contributed by atoms with Crippen molar-refractivity contribution in [2.75, 3.05) is 26.2 Å². The summed E-state index contributed by atoms with van der Waals surface area (Å²) < 4.78 is 14.4. The highest BCUT2D eigenvalue weighted by Gasteiger charge is 2.28. The van der Waals surface area contributed by atoms with Gasteiger partial charge in [-0.1, -0.05) is 30.5 Å². The van der Waals surface area contributed by atoms with Gasteiger partial charge in [0.25, 0.3) is 0 Å². The van der Waals surface area contributed by atoms with Crippen molar-refractivity contribution in [3.05, 3.63) is 34.6 Å². The second-order valence-electron chi connectivity index (χ2n) is 7.83. The largest absolute Gasteiger partial charge is 0.353 e. The highest BCUT2D eigenvalue weighted by atomic mass is 35.5. The zero-order valence-electron chi connectivity index (χ0n) is 16.2. The second kappa shape index (κ2) is 10.2. The number of hydrogen-bond donors (Lipinski definition) is 2. The number of halogens is 2. The Hall–Kier alpha value is -1.66. The van der Waals surface area contributed by atoms with E-state index in [9.17, 15) is 14.0 Å². The molecule has 2 fully saturated rings. The zero-order chi connectivity index (χ0) is 19.9. The lowest BCUT2D eigenvalue weighted by Gasteiger charge is -2.29. The Morgan fingerprint density at radius 2 is 1.82 bits per heavy atom. The molecule has 1 heterocycles. The average molecular weight is 410 g/mol. The van der Waals surface area contributed by atoms with Crippen LogP contribution in [0.5, 0.6) is 0 Å². The van der Waals surface area contributed by atoms with Crippen LogP contribution in [0.3, 0.4) is 0 Å². The highest BCUT2D eigenvalue weighted by molar-refractivity contribution is 6.31. The van der Waals surface area contributed by atoms with Crippen LogP contribution in [0.2, 0.25) is 5.02 Å². The lowest BCUT2D eigenvalue weighted by Crippen LogP contribution is -2.42. The minimum Gasteiger partial charge on any atom is -0.353 e. The Labute approximate surface area is 171 Å². The molecule has 1 saturated carbocycles. The van der Waals surface area contributed by atoms with E-state index >= 15 is 0 Å². The number of amides is 2. The maximum Gasteiger partial charge on any atom is 0.239 e. The Bertz CT molecular complexity index is 668. The van der Waals surface area contributed by atoms with Crippen molar-refractivity contribution in [2.45, 2.75) is 51.0 Å². The van der Waals surface area contributed by atoms with E-state index in [1.807, 2.05) is 0 Å². The van der Waals surface area contributed by atoms with Gasteiger partial charge in [-0.15, -0.1) is 0 Å². The number of likely N-dealkylation sites (tertiary alicyclic amines) is 1. The number of rotatable bonds is 8. The predicted molar refractivity (Wildman–Crippen MR) is 108 cm³/mol. The first-order chi connectivity index (χ1) is 13.5. The topological polar surface area (TPSA) is 61.4 Å². The molecule has 1 unspecified atom stereocenters. The van der Waals surface area contributed by atoms with E-state index in [1.54, 1.807) is 12.1 Å². The maximum absolute atomic E-state index is 14.4. The first-order valence-corrected chi connectivity index (χ1v) is 10.6. The Morgan fingerprint density at radius 1 is 1.11 bits per heavy atom. The first-order valence-electron chi connectivity index (χ1n) is 10.3. The van der Waals surface area contributed by atoms with Gasteiger partial charge >= 0.3 is 0 Å². The summed E-state index contributed by atoms with van der Waals surface area (Å²) >= 11 is 6.27. The predicted octanol–water partition coefficient (Wildman–Crippen LogP) is 3.43. The standard InChI is InChI=1S/C21H29ClFN3O2/c22-16-8-5-9-17(23)21(16)18(26-10-3-4-11-26)13-24-20(28)14-25-19(27)12-15-6-1-2-7-15/h5,8-9,15,18H,1-4,6-7,10-14H2,(H,24,28)(H,25,27). The average Bonchev–Trinajstić information content (AvgIpc) is 3.36. The zero-order valence-corrected chi connectivity index (χ0v) is 16.9. The smallest absolute Gasteiger partial charge is 0.239 e. The fourth-order valence-corrected chi connectivity index (χ4v) is 4.59. The van der Waals surface area contributed by atoms with Crippen LogP contribution in [0, 0.1) is 11.7 Å². The van der Waals surface area contributed by atoms with Gasteiger partial charge in [-0.3, -0.25) is 14.5 Å². The third kappa shape index (κ3) is 5.67. The molecule has 2 amide bonds.